The molecule has 0 amide bonds. The Morgan fingerprint density at radius 1 is 0.800 bits per heavy atom. The van der Waals surface area contributed by atoms with Gasteiger partial charge in [-0.1, -0.05) is 0 Å². The quantitative estimate of drug-likeness (QED) is 0.457. The summed E-state index contributed by atoms with van der Waals surface area (Å²) in [6.45, 7) is 0. The molecule has 0 aromatic carbocycles. The summed E-state index contributed by atoms with van der Waals surface area (Å²) in [5.41, 5.74) is 0. The first-order chi connectivity index (χ1) is 2.41. The van der Waals surface area contributed by atoms with Crippen molar-refractivity contribution >= 4 is 31.0 Å². The smallest absolute Gasteiger partial charge is 1.00 e. The molecule has 10 heteroatoms. The van der Waals surface area contributed by atoms with Crippen molar-refractivity contribution in [2.24, 2.45) is 0 Å². The van der Waals surface area contributed by atoms with E-state index in [1.54, 1.807) is 0 Å². The largest absolute Gasteiger partial charge is 4.00 e. The fourth-order valence-electron chi connectivity index (χ4n) is 0.118. The summed E-state index contributed by atoms with van der Waals surface area (Å²) in [5.74, 6) is 0. The zero-order valence-electron chi connectivity index (χ0n) is 5.54. The van der Waals surface area contributed by atoms with Crippen LogP contribution in [0.15, 0.2) is 0 Å². The van der Waals surface area contributed by atoms with Gasteiger partial charge in [0.05, 0.1) is 0 Å². The van der Waals surface area contributed by atoms with Gasteiger partial charge in [-0.05, 0) is 0 Å². The molecule has 0 bridgehead atoms. The van der Waals surface area contributed by atoms with Crippen LogP contribution in [0.2, 0.25) is 0 Å². The molecular weight excluding hydrogens is 349 g/mol. The van der Waals surface area contributed by atoms with Gasteiger partial charge in [0.1, 0.15) is 21.0 Å². The molecule has 0 aromatic heterocycles. The van der Waals surface area contributed by atoms with Gasteiger partial charge in [0, 0.05) is 0 Å². The molecule has 0 saturated heterocycles. The molecule has 0 N–H and O–H groups in total. The summed E-state index contributed by atoms with van der Waals surface area (Å²) in [5, 5.41) is 0. The van der Waals surface area contributed by atoms with Crippen LogP contribution < -0.4 is 49.6 Å². The van der Waals surface area contributed by atoms with Crippen molar-refractivity contribution in [1.29, 1.82) is 0 Å². The zero-order chi connectivity index (χ0) is 4.12. The molecule has 0 spiro atoms. The van der Waals surface area contributed by atoms with Crippen molar-refractivity contribution in [1.82, 2.24) is 0 Å². The van der Waals surface area contributed by atoms with Gasteiger partial charge < -0.3 is 57.9 Å². The van der Waals surface area contributed by atoms with Crippen LogP contribution in [0.3, 0.4) is 0 Å². The fraction of sp³-hybridized carbons (Fsp3) is 0. The average Bonchev–Trinajstić information content (AvgIpc) is 1.41. The van der Waals surface area contributed by atoms with Gasteiger partial charge in [0.15, 0.2) is 0 Å². The van der Waals surface area contributed by atoms with E-state index in [-0.39, 0.29) is 75.8 Å². The summed E-state index contributed by atoms with van der Waals surface area (Å²) < 4.78 is 9.56. The van der Waals surface area contributed by atoms with E-state index in [1.165, 1.54) is 0 Å². The van der Waals surface area contributed by atoms with Crippen LogP contribution in [0.5, 0.6) is 0 Å². The number of rotatable bonds is 2. The van der Waals surface area contributed by atoms with E-state index in [2.05, 4.69) is 0 Å². The molecule has 64 valence electrons. The van der Waals surface area contributed by atoms with Gasteiger partial charge in [0.25, 0.3) is 10.0 Å². The molecule has 0 aliphatic carbocycles. The van der Waals surface area contributed by atoms with E-state index in [1.807, 2.05) is 0 Å². The zero-order valence-corrected chi connectivity index (χ0v) is 16.4. The number of hydrogen-bond donors (Lipinski definition) is 0. The molecule has 0 rings (SSSR count). The van der Waals surface area contributed by atoms with E-state index in [4.69, 9.17) is 8.23 Å². The Balaban J connectivity index is -0.00000000800. The van der Waals surface area contributed by atoms with Crippen LogP contribution in [0.1, 0.15) is 0 Å². The standard InChI is InChI=1S/4ClH.H8O2Si3.Zr/c;;;;3-1-5-2-4;/h4*1H;5H2,3-4H3;/q;;;;;+4/p-4. The molecule has 0 aliphatic heterocycles. The number of halogens is 4. The second-order valence-corrected chi connectivity index (χ2v) is 5.55. The molecule has 0 heterocycles. The van der Waals surface area contributed by atoms with Crippen LogP contribution in [-0.4, -0.2) is 31.0 Å². The number of hydrogen-bond acceptors (Lipinski definition) is 2. The predicted octanol–water partition coefficient (Wildman–Crippen LogP) is -15.4. The van der Waals surface area contributed by atoms with E-state index in [0.717, 1.165) is 21.0 Å². The first-order valence-electron chi connectivity index (χ1n) is 1.39. The Labute approximate surface area is 114 Å². The van der Waals surface area contributed by atoms with Crippen LogP contribution in [-0.2, 0) is 34.4 Å². The van der Waals surface area contributed by atoms with Gasteiger partial charge in [-0.15, -0.1) is 0 Å². The van der Waals surface area contributed by atoms with Crippen molar-refractivity contribution in [2.75, 3.05) is 0 Å². The first-order valence-corrected chi connectivity index (χ1v) is 4.18. The van der Waals surface area contributed by atoms with Crippen LogP contribution in [0.25, 0.3) is 0 Å². The minimum Gasteiger partial charge on any atom is -1.00 e. The first kappa shape index (κ1) is 38.9. The molecule has 0 aromatic rings. The molecule has 10 heavy (non-hydrogen) atoms. The van der Waals surface area contributed by atoms with E-state index >= 15 is 0 Å². The van der Waals surface area contributed by atoms with Crippen molar-refractivity contribution in [3.63, 3.8) is 0 Å². The molecule has 0 aliphatic rings. The van der Waals surface area contributed by atoms with Crippen molar-refractivity contribution in [3.05, 3.63) is 0 Å². The maximum absolute atomic E-state index is 4.78. The topological polar surface area (TPSA) is 18.5 Å². The van der Waals surface area contributed by atoms with Gasteiger partial charge >= 0.3 is 26.2 Å². The monoisotopic (exact) mass is 354 g/mol. The molecule has 0 atom stereocenters. The maximum atomic E-state index is 4.78. The Kier molecular flexibility index (Phi) is 161. The second-order valence-electron chi connectivity index (χ2n) is 0.695. The minimum absolute atomic E-state index is 0. The van der Waals surface area contributed by atoms with Gasteiger partial charge in [-0.2, -0.15) is 0 Å². The normalized spacial score (nSPS) is 6.00. The fourth-order valence-corrected chi connectivity index (χ4v) is 3.18. The minimum atomic E-state index is -0.444. The summed E-state index contributed by atoms with van der Waals surface area (Å²) in [6, 6.07) is 0. The molecule has 0 fully saturated rings. The summed E-state index contributed by atoms with van der Waals surface area (Å²) in [7, 11) is 1.27. The van der Waals surface area contributed by atoms with Crippen molar-refractivity contribution in [3.8, 4) is 0 Å². The summed E-state index contributed by atoms with van der Waals surface area (Å²) in [4.78, 5) is 0. The molecule has 0 saturated carbocycles. The predicted molar refractivity (Wildman–Crippen MR) is 30.6 cm³/mol. The van der Waals surface area contributed by atoms with Crippen molar-refractivity contribution < 1.29 is 84.1 Å². The second kappa shape index (κ2) is 41.5. The molecule has 0 radical (unpaired) electrons. The molecule has 2 nitrogen and oxygen atoms in total. The Morgan fingerprint density at radius 3 is 1.00 bits per heavy atom. The Hall–Kier alpha value is 2.61. The third-order valence-electron chi connectivity index (χ3n) is 0.236. The average molecular weight is 357 g/mol. The molecular formula is H8Cl4O2Si3Zr. The SMILES string of the molecule is [Cl-].[Cl-].[Cl-].[Cl-].[SiH3]O[SiH2]O[SiH3].[Zr+4]. The van der Waals surface area contributed by atoms with E-state index in [9.17, 15) is 0 Å². The third-order valence-corrected chi connectivity index (χ3v) is 2.12. The molecule has 0 unspecified atom stereocenters. The van der Waals surface area contributed by atoms with E-state index < -0.39 is 10.0 Å². The maximum Gasteiger partial charge on any atom is 4.00 e. The Morgan fingerprint density at radius 2 is 1.00 bits per heavy atom. The van der Waals surface area contributed by atoms with Gasteiger partial charge in [0.2, 0.25) is 0 Å². The van der Waals surface area contributed by atoms with Crippen molar-refractivity contribution in [2.45, 2.75) is 0 Å². The van der Waals surface area contributed by atoms with Crippen LogP contribution in [0, 0.1) is 0 Å². The van der Waals surface area contributed by atoms with E-state index in [0.29, 0.717) is 0 Å². The summed E-state index contributed by atoms with van der Waals surface area (Å²) in [6.07, 6.45) is 0. The van der Waals surface area contributed by atoms with Gasteiger partial charge in [-0.3, -0.25) is 0 Å². The summed E-state index contributed by atoms with van der Waals surface area (Å²) >= 11 is 0. The Bertz CT molecular complexity index is 26.0. The van der Waals surface area contributed by atoms with Crippen LogP contribution >= 0.6 is 0 Å². The third kappa shape index (κ3) is 46.1. The van der Waals surface area contributed by atoms with Crippen LogP contribution in [0.4, 0.5) is 0 Å². The van der Waals surface area contributed by atoms with Gasteiger partial charge in [-0.25, -0.2) is 0 Å².